The number of carbonyl (C=O) groups is 1. The van der Waals surface area contributed by atoms with Crippen molar-refractivity contribution in [3.8, 4) is 5.75 Å². The molecule has 0 aliphatic carbocycles. The Morgan fingerprint density at radius 1 is 1.32 bits per heavy atom. The molecule has 0 bridgehead atoms. The zero-order chi connectivity index (χ0) is 13.7. The lowest BCUT2D eigenvalue weighted by atomic mass is 10.0. The van der Waals surface area contributed by atoms with Crippen LogP contribution in [0, 0.1) is 5.82 Å². The summed E-state index contributed by atoms with van der Waals surface area (Å²) in [6.45, 7) is 2.36. The van der Waals surface area contributed by atoms with Crippen molar-refractivity contribution in [2.45, 2.75) is 13.3 Å². The molecule has 1 heterocycles. The first-order valence-electron chi connectivity index (χ1n) is 6.05. The predicted octanol–water partition coefficient (Wildman–Crippen LogP) is 3.04. The number of rotatable bonds is 5. The number of nitrogens with zero attached hydrogens (tertiary/aromatic N) is 1. The van der Waals surface area contributed by atoms with Gasteiger partial charge in [0.25, 0.3) is 0 Å². The van der Waals surface area contributed by atoms with Crippen LogP contribution in [-0.2, 0) is 6.42 Å². The molecule has 2 rings (SSSR count). The molecule has 2 aromatic rings. The molecule has 0 amide bonds. The minimum Gasteiger partial charge on any atom is -0.492 e. The fourth-order valence-corrected chi connectivity index (χ4v) is 1.73. The summed E-state index contributed by atoms with van der Waals surface area (Å²) in [6.07, 6.45) is 3.03. The van der Waals surface area contributed by atoms with Gasteiger partial charge in [-0.15, -0.1) is 0 Å². The second kappa shape index (κ2) is 6.09. The summed E-state index contributed by atoms with van der Waals surface area (Å²) in [5, 5.41) is 0. The first-order chi connectivity index (χ1) is 9.20. The van der Waals surface area contributed by atoms with Gasteiger partial charge in [-0.05, 0) is 24.6 Å². The third-order valence-electron chi connectivity index (χ3n) is 2.65. The molecule has 98 valence electrons. The number of hydrogen-bond donors (Lipinski definition) is 0. The van der Waals surface area contributed by atoms with E-state index < -0.39 is 0 Å². The molecule has 1 aromatic heterocycles. The van der Waals surface area contributed by atoms with Crippen molar-refractivity contribution < 1.29 is 13.9 Å². The Kier molecular flexibility index (Phi) is 4.23. The van der Waals surface area contributed by atoms with E-state index in [1.54, 1.807) is 30.5 Å². The van der Waals surface area contributed by atoms with Crippen molar-refractivity contribution in [1.82, 2.24) is 4.98 Å². The summed E-state index contributed by atoms with van der Waals surface area (Å²) in [7, 11) is 0. The fraction of sp³-hybridized carbons (Fsp3) is 0.200. The van der Waals surface area contributed by atoms with Crippen LogP contribution in [0.25, 0.3) is 0 Å². The summed E-state index contributed by atoms with van der Waals surface area (Å²) < 4.78 is 18.8. The van der Waals surface area contributed by atoms with Gasteiger partial charge < -0.3 is 4.74 Å². The van der Waals surface area contributed by atoms with Crippen molar-refractivity contribution in [1.29, 1.82) is 0 Å². The van der Waals surface area contributed by atoms with E-state index in [4.69, 9.17) is 4.74 Å². The van der Waals surface area contributed by atoms with Gasteiger partial charge in [-0.3, -0.25) is 9.78 Å². The highest BCUT2D eigenvalue weighted by molar-refractivity contribution is 5.97. The van der Waals surface area contributed by atoms with E-state index in [9.17, 15) is 9.18 Å². The highest BCUT2D eigenvalue weighted by Crippen LogP contribution is 2.15. The Bertz CT molecular complexity index is 584. The van der Waals surface area contributed by atoms with Crippen LogP contribution < -0.4 is 4.74 Å². The Morgan fingerprint density at radius 3 is 2.84 bits per heavy atom. The Morgan fingerprint density at radius 2 is 2.11 bits per heavy atom. The van der Waals surface area contributed by atoms with E-state index in [2.05, 4.69) is 4.98 Å². The van der Waals surface area contributed by atoms with Gasteiger partial charge in [0.1, 0.15) is 11.6 Å². The minimum atomic E-state index is -0.371. The quantitative estimate of drug-likeness (QED) is 0.775. The van der Waals surface area contributed by atoms with Crippen molar-refractivity contribution >= 4 is 5.78 Å². The molecule has 0 fully saturated rings. The summed E-state index contributed by atoms with van der Waals surface area (Å²) in [4.78, 5) is 16.0. The van der Waals surface area contributed by atoms with Gasteiger partial charge in [0.05, 0.1) is 12.8 Å². The van der Waals surface area contributed by atoms with Gasteiger partial charge in [-0.25, -0.2) is 4.39 Å². The molecule has 0 saturated heterocycles. The molecule has 0 radical (unpaired) electrons. The highest BCUT2D eigenvalue weighted by Gasteiger charge is 2.11. The molecule has 0 unspecified atom stereocenters. The molecule has 19 heavy (non-hydrogen) atoms. The number of ether oxygens (including phenoxy) is 1. The first-order valence-corrected chi connectivity index (χ1v) is 6.05. The average Bonchev–Trinajstić information content (AvgIpc) is 2.42. The lowest BCUT2D eigenvalue weighted by molar-refractivity contribution is 0.0991. The molecular formula is C15H14FNO2. The minimum absolute atomic E-state index is 0.0178. The zero-order valence-corrected chi connectivity index (χ0v) is 10.6. The van der Waals surface area contributed by atoms with Crippen molar-refractivity contribution in [2.24, 2.45) is 0 Å². The molecule has 0 saturated carbocycles. The molecule has 0 atom stereocenters. The SMILES string of the molecule is CCOc1cncc(C(=O)Cc2ccccc2F)c1. The Hall–Kier alpha value is -2.23. The number of ketones is 1. The van der Waals surface area contributed by atoms with E-state index in [0.717, 1.165) is 0 Å². The van der Waals surface area contributed by atoms with Crippen molar-refractivity contribution in [3.05, 3.63) is 59.7 Å². The van der Waals surface area contributed by atoms with Crippen LogP contribution in [0.1, 0.15) is 22.8 Å². The normalized spacial score (nSPS) is 10.2. The molecule has 0 spiro atoms. The van der Waals surface area contributed by atoms with E-state index in [1.807, 2.05) is 6.92 Å². The summed E-state index contributed by atoms with van der Waals surface area (Å²) >= 11 is 0. The van der Waals surface area contributed by atoms with Gasteiger partial charge in [0.2, 0.25) is 0 Å². The lowest BCUT2D eigenvalue weighted by Crippen LogP contribution is -2.06. The summed E-state index contributed by atoms with van der Waals surface area (Å²) in [5.74, 6) is -0.00851. The lowest BCUT2D eigenvalue weighted by Gasteiger charge is -2.05. The number of pyridine rings is 1. The van der Waals surface area contributed by atoms with Gasteiger partial charge in [-0.1, -0.05) is 18.2 Å². The second-order valence-corrected chi connectivity index (χ2v) is 4.03. The zero-order valence-electron chi connectivity index (χ0n) is 10.6. The van der Waals surface area contributed by atoms with Crippen molar-refractivity contribution in [3.63, 3.8) is 0 Å². The van der Waals surface area contributed by atoms with Crippen molar-refractivity contribution in [2.75, 3.05) is 6.61 Å². The fourth-order valence-electron chi connectivity index (χ4n) is 1.73. The van der Waals surface area contributed by atoms with Crippen LogP contribution >= 0.6 is 0 Å². The average molecular weight is 259 g/mol. The molecule has 3 nitrogen and oxygen atoms in total. The molecule has 4 heteroatoms. The number of Topliss-reactive ketones (excluding diaryl/α,β-unsaturated/α-hetero) is 1. The van der Waals surface area contributed by atoms with Gasteiger partial charge in [0.15, 0.2) is 5.78 Å². The highest BCUT2D eigenvalue weighted by atomic mass is 19.1. The second-order valence-electron chi connectivity index (χ2n) is 4.03. The topological polar surface area (TPSA) is 39.2 Å². The van der Waals surface area contributed by atoms with E-state index in [1.165, 1.54) is 12.3 Å². The van der Waals surface area contributed by atoms with Crippen LogP contribution in [-0.4, -0.2) is 17.4 Å². The van der Waals surface area contributed by atoms with Crippen LogP contribution in [0.2, 0.25) is 0 Å². The van der Waals surface area contributed by atoms with Crippen LogP contribution in [0.4, 0.5) is 4.39 Å². The van der Waals surface area contributed by atoms with E-state index in [0.29, 0.717) is 23.5 Å². The first kappa shape index (κ1) is 13.2. The number of halogens is 1. The van der Waals surface area contributed by atoms with Crippen LogP contribution in [0.15, 0.2) is 42.7 Å². The van der Waals surface area contributed by atoms with Gasteiger partial charge >= 0.3 is 0 Å². The van der Waals surface area contributed by atoms with Crippen LogP contribution in [0.3, 0.4) is 0 Å². The largest absolute Gasteiger partial charge is 0.492 e. The van der Waals surface area contributed by atoms with Crippen LogP contribution in [0.5, 0.6) is 5.75 Å². The molecular weight excluding hydrogens is 245 g/mol. The predicted molar refractivity (Wildman–Crippen MR) is 69.8 cm³/mol. The number of aromatic nitrogens is 1. The Labute approximate surface area is 111 Å². The third-order valence-corrected chi connectivity index (χ3v) is 2.65. The van der Waals surface area contributed by atoms with Gasteiger partial charge in [0, 0.05) is 18.2 Å². The maximum Gasteiger partial charge on any atom is 0.169 e. The Balaban J connectivity index is 2.16. The number of carbonyl (C=O) groups excluding carboxylic acids is 1. The summed E-state index contributed by atoms with van der Waals surface area (Å²) in [5.41, 5.74) is 0.809. The number of hydrogen-bond acceptors (Lipinski definition) is 3. The molecule has 1 aromatic carbocycles. The van der Waals surface area contributed by atoms with Gasteiger partial charge in [-0.2, -0.15) is 0 Å². The monoisotopic (exact) mass is 259 g/mol. The molecule has 0 aliphatic rings. The van der Waals surface area contributed by atoms with E-state index in [-0.39, 0.29) is 18.0 Å². The standard InChI is InChI=1S/C15H14FNO2/c1-2-19-13-7-12(9-17-10-13)15(18)8-11-5-3-4-6-14(11)16/h3-7,9-10H,2,8H2,1H3. The maximum atomic E-state index is 13.5. The molecule has 0 aliphatic heterocycles. The molecule has 0 N–H and O–H groups in total. The number of benzene rings is 1. The smallest absolute Gasteiger partial charge is 0.169 e. The maximum absolute atomic E-state index is 13.5. The third kappa shape index (κ3) is 3.37. The summed E-state index contributed by atoms with van der Waals surface area (Å²) in [6, 6.07) is 7.88. The van der Waals surface area contributed by atoms with E-state index >= 15 is 0 Å².